The number of rotatable bonds is 5. The quantitative estimate of drug-likeness (QED) is 0.807. The van der Waals surface area contributed by atoms with E-state index in [0.29, 0.717) is 18.9 Å². The SMILES string of the molecule is CN1CCCC(CNC(=O)CC2(CN)CCCCC2)C1. The third-order valence-corrected chi connectivity index (χ3v) is 5.19. The minimum Gasteiger partial charge on any atom is -0.356 e. The number of nitrogens with two attached hydrogens (primary N) is 1. The van der Waals surface area contributed by atoms with Crippen molar-refractivity contribution in [3.8, 4) is 0 Å². The van der Waals surface area contributed by atoms with Gasteiger partial charge >= 0.3 is 0 Å². The maximum Gasteiger partial charge on any atom is 0.220 e. The summed E-state index contributed by atoms with van der Waals surface area (Å²) in [5.41, 5.74) is 6.05. The molecule has 116 valence electrons. The fourth-order valence-corrected chi connectivity index (χ4v) is 3.86. The normalized spacial score (nSPS) is 27.2. The number of amides is 1. The molecule has 1 aliphatic carbocycles. The molecular formula is C16H31N3O. The summed E-state index contributed by atoms with van der Waals surface area (Å²) in [5, 5.41) is 3.16. The number of hydrogen-bond acceptors (Lipinski definition) is 3. The molecular weight excluding hydrogens is 250 g/mol. The van der Waals surface area contributed by atoms with Gasteiger partial charge in [-0.05, 0) is 57.2 Å². The second kappa shape index (κ2) is 7.41. The van der Waals surface area contributed by atoms with E-state index in [1.54, 1.807) is 0 Å². The van der Waals surface area contributed by atoms with E-state index in [9.17, 15) is 4.79 Å². The molecule has 3 N–H and O–H groups in total. The zero-order valence-electron chi connectivity index (χ0n) is 13.0. The molecule has 0 aromatic rings. The lowest BCUT2D eigenvalue weighted by atomic mass is 9.71. The Morgan fingerprint density at radius 2 is 2.05 bits per heavy atom. The predicted molar refractivity (Wildman–Crippen MR) is 82.4 cm³/mol. The van der Waals surface area contributed by atoms with Crippen molar-refractivity contribution >= 4 is 5.91 Å². The summed E-state index contributed by atoms with van der Waals surface area (Å²) in [4.78, 5) is 14.6. The second-order valence-electron chi connectivity index (χ2n) is 7.02. The topological polar surface area (TPSA) is 58.4 Å². The monoisotopic (exact) mass is 281 g/mol. The molecule has 1 atom stereocenters. The van der Waals surface area contributed by atoms with Gasteiger partial charge in [0.2, 0.25) is 5.91 Å². The Balaban J connectivity index is 1.74. The lowest BCUT2D eigenvalue weighted by Crippen LogP contribution is -2.42. The fraction of sp³-hybridized carbons (Fsp3) is 0.938. The number of hydrogen-bond donors (Lipinski definition) is 2. The van der Waals surface area contributed by atoms with Crippen molar-refractivity contribution in [2.75, 3.05) is 33.2 Å². The Morgan fingerprint density at radius 1 is 1.30 bits per heavy atom. The summed E-state index contributed by atoms with van der Waals surface area (Å²) in [5.74, 6) is 0.837. The van der Waals surface area contributed by atoms with Gasteiger partial charge in [-0.15, -0.1) is 0 Å². The summed E-state index contributed by atoms with van der Waals surface area (Å²) >= 11 is 0. The highest BCUT2D eigenvalue weighted by molar-refractivity contribution is 5.76. The Hall–Kier alpha value is -0.610. The average Bonchev–Trinajstić information content (AvgIpc) is 2.46. The minimum absolute atomic E-state index is 0.0890. The molecule has 1 heterocycles. The molecule has 0 bridgehead atoms. The number of piperidine rings is 1. The predicted octanol–water partition coefficient (Wildman–Crippen LogP) is 1.74. The zero-order valence-corrected chi connectivity index (χ0v) is 13.0. The van der Waals surface area contributed by atoms with Crippen LogP contribution in [0.5, 0.6) is 0 Å². The van der Waals surface area contributed by atoms with Crippen molar-refractivity contribution < 1.29 is 4.79 Å². The average molecular weight is 281 g/mol. The van der Waals surface area contributed by atoms with Crippen LogP contribution < -0.4 is 11.1 Å². The van der Waals surface area contributed by atoms with Gasteiger partial charge < -0.3 is 16.0 Å². The standard InChI is InChI=1S/C16H31N3O/c1-19-9-5-6-14(12-19)11-18-15(20)10-16(13-17)7-3-2-4-8-16/h14H,2-13,17H2,1H3,(H,18,20). The maximum atomic E-state index is 12.2. The maximum absolute atomic E-state index is 12.2. The van der Waals surface area contributed by atoms with Crippen molar-refractivity contribution in [3.05, 3.63) is 0 Å². The smallest absolute Gasteiger partial charge is 0.220 e. The number of nitrogens with zero attached hydrogens (tertiary/aromatic N) is 1. The van der Waals surface area contributed by atoms with Crippen molar-refractivity contribution in [1.29, 1.82) is 0 Å². The summed E-state index contributed by atoms with van der Waals surface area (Å²) in [6.07, 6.45) is 9.15. The summed E-state index contributed by atoms with van der Waals surface area (Å²) in [7, 11) is 2.17. The Bertz CT molecular complexity index is 313. The lowest BCUT2D eigenvalue weighted by molar-refractivity contribution is -0.124. The fourth-order valence-electron chi connectivity index (χ4n) is 3.86. The largest absolute Gasteiger partial charge is 0.356 e. The third kappa shape index (κ3) is 4.45. The van der Waals surface area contributed by atoms with Crippen molar-refractivity contribution in [2.24, 2.45) is 17.1 Å². The van der Waals surface area contributed by atoms with Gasteiger partial charge in [0, 0.05) is 19.5 Å². The highest BCUT2D eigenvalue weighted by atomic mass is 16.1. The Labute approximate surface area is 123 Å². The van der Waals surface area contributed by atoms with Crippen LogP contribution in [0.4, 0.5) is 0 Å². The van der Waals surface area contributed by atoms with E-state index in [1.165, 1.54) is 38.6 Å². The highest BCUT2D eigenvalue weighted by Gasteiger charge is 2.33. The molecule has 0 aromatic carbocycles. The minimum atomic E-state index is 0.0890. The molecule has 4 heteroatoms. The lowest BCUT2D eigenvalue weighted by Gasteiger charge is -2.36. The van der Waals surface area contributed by atoms with Gasteiger partial charge in [0.05, 0.1) is 0 Å². The van der Waals surface area contributed by atoms with Crippen LogP contribution in [0.1, 0.15) is 51.4 Å². The van der Waals surface area contributed by atoms with Crippen molar-refractivity contribution in [2.45, 2.75) is 51.4 Å². The van der Waals surface area contributed by atoms with Gasteiger partial charge in [0.1, 0.15) is 0 Å². The highest BCUT2D eigenvalue weighted by Crippen LogP contribution is 2.38. The Kier molecular flexibility index (Phi) is 5.85. The van der Waals surface area contributed by atoms with E-state index in [1.807, 2.05) is 0 Å². The van der Waals surface area contributed by atoms with Gasteiger partial charge in [-0.3, -0.25) is 4.79 Å². The first-order valence-electron chi connectivity index (χ1n) is 8.29. The first-order chi connectivity index (χ1) is 9.63. The molecule has 0 spiro atoms. The summed E-state index contributed by atoms with van der Waals surface area (Å²) in [6.45, 7) is 3.81. The van der Waals surface area contributed by atoms with Gasteiger partial charge in [-0.2, -0.15) is 0 Å². The van der Waals surface area contributed by atoms with Crippen LogP contribution >= 0.6 is 0 Å². The molecule has 1 saturated carbocycles. The van der Waals surface area contributed by atoms with Crippen LogP contribution in [-0.4, -0.2) is 44.0 Å². The van der Waals surface area contributed by atoms with Crippen LogP contribution in [0, 0.1) is 11.3 Å². The van der Waals surface area contributed by atoms with Crippen LogP contribution in [0.15, 0.2) is 0 Å². The van der Waals surface area contributed by atoms with Crippen molar-refractivity contribution in [1.82, 2.24) is 10.2 Å². The first-order valence-corrected chi connectivity index (χ1v) is 8.29. The van der Waals surface area contributed by atoms with Gasteiger partial charge in [0.25, 0.3) is 0 Å². The summed E-state index contributed by atoms with van der Waals surface area (Å²) in [6, 6.07) is 0. The van der Waals surface area contributed by atoms with E-state index in [4.69, 9.17) is 5.73 Å². The molecule has 4 nitrogen and oxygen atoms in total. The van der Waals surface area contributed by atoms with E-state index in [2.05, 4.69) is 17.3 Å². The number of likely N-dealkylation sites (tertiary alicyclic amines) is 1. The molecule has 2 fully saturated rings. The Morgan fingerprint density at radius 3 is 2.70 bits per heavy atom. The van der Waals surface area contributed by atoms with Gasteiger partial charge in [0.15, 0.2) is 0 Å². The van der Waals surface area contributed by atoms with Gasteiger partial charge in [-0.1, -0.05) is 19.3 Å². The summed E-state index contributed by atoms with van der Waals surface area (Å²) < 4.78 is 0. The number of nitrogens with one attached hydrogen (secondary N) is 1. The molecule has 0 radical (unpaired) electrons. The van der Waals surface area contributed by atoms with Crippen LogP contribution in [0.3, 0.4) is 0 Å². The van der Waals surface area contributed by atoms with Crippen LogP contribution in [-0.2, 0) is 4.79 Å². The zero-order chi connectivity index (χ0) is 14.4. The van der Waals surface area contributed by atoms with Crippen LogP contribution in [0.2, 0.25) is 0 Å². The molecule has 1 aliphatic heterocycles. The third-order valence-electron chi connectivity index (χ3n) is 5.19. The van der Waals surface area contributed by atoms with E-state index < -0.39 is 0 Å². The van der Waals surface area contributed by atoms with E-state index in [-0.39, 0.29) is 11.3 Å². The first kappa shape index (κ1) is 15.8. The molecule has 2 aliphatic rings. The molecule has 0 aromatic heterocycles. The second-order valence-corrected chi connectivity index (χ2v) is 7.02. The molecule has 1 amide bonds. The van der Waals surface area contributed by atoms with E-state index >= 15 is 0 Å². The molecule has 20 heavy (non-hydrogen) atoms. The van der Waals surface area contributed by atoms with E-state index in [0.717, 1.165) is 25.9 Å². The van der Waals surface area contributed by atoms with Crippen molar-refractivity contribution in [3.63, 3.8) is 0 Å². The molecule has 1 unspecified atom stereocenters. The number of carbonyl (C=O) groups excluding carboxylic acids is 1. The van der Waals surface area contributed by atoms with Gasteiger partial charge in [-0.25, -0.2) is 0 Å². The number of carbonyl (C=O) groups is 1. The molecule has 2 rings (SSSR count). The molecule has 1 saturated heterocycles. The van der Waals surface area contributed by atoms with Crippen LogP contribution in [0.25, 0.3) is 0 Å².